The SMILES string of the molecule is CC=C1COCC1=CC(C#C/C=C/C=C/C=C/C=C/C)=C([C]#[Os])[P+](c1ccccc1)(c1ccccc1)c1ccccc1. The van der Waals surface area contributed by atoms with E-state index in [2.05, 4.69) is 126 Å². The summed E-state index contributed by atoms with van der Waals surface area (Å²) in [5, 5.41) is 4.95. The van der Waals surface area contributed by atoms with Gasteiger partial charge in [-0.2, -0.15) is 0 Å². The molecule has 0 unspecified atom stereocenters. The van der Waals surface area contributed by atoms with Crippen molar-refractivity contribution in [1.29, 1.82) is 0 Å². The van der Waals surface area contributed by atoms with E-state index in [0.717, 1.165) is 10.9 Å². The molecular weight excluding hydrogens is 706 g/mol. The molecule has 0 bridgehead atoms. The molecule has 4 rings (SSSR count). The number of rotatable bonds is 8. The molecule has 3 heteroatoms. The Bertz CT molecular complexity index is 1560. The second-order valence-electron chi connectivity index (χ2n) is 9.43. The van der Waals surface area contributed by atoms with Crippen LogP contribution >= 0.6 is 7.26 Å². The summed E-state index contributed by atoms with van der Waals surface area (Å²) in [4.78, 5) is 0. The van der Waals surface area contributed by atoms with Gasteiger partial charge in [-0.1, -0.05) is 6.08 Å². The molecule has 1 heterocycles. The molecule has 209 valence electrons. The van der Waals surface area contributed by atoms with Gasteiger partial charge in [0.2, 0.25) is 0 Å². The summed E-state index contributed by atoms with van der Waals surface area (Å²) in [6.07, 6.45) is 20.3. The summed E-state index contributed by atoms with van der Waals surface area (Å²) in [6.45, 7) is 5.28. The minimum absolute atomic E-state index is 0.578. The quantitative estimate of drug-likeness (QED) is 0.130. The maximum absolute atomic E-state index is 5.86. The van der Waals surface area contributed by atoms with Gasteiger partial charge >= 0.3 is 250 Å². The van der Waals surface area contributed by atoms with Crippen molar-refractivity contribution >= 4 is 23.2 Å². The second-order valence-corrected chi connectivity index (χ2v) is 13.4. The molecule has 42 heavy (non-hydrogen) atoms. The Hall–Kier alpha value is -3.79. The van der Waals surface area contributed by atoms with Crippen molar-refractivity contribution in [3.63, 3.8) is 0 Å². The summed E-state index contributed by atoms with van der Waals surface area (Å²) in [6, 6.07) is 32.6. The van der Waals surface area contributed by atoms with Gasteiger partial charge in [0.15, 0.2) is 0 Å². The summed E-state index contributed by atoms with van der Waals surface area (Å²) >= 11 is 1.77. The van der Waals surface area contributed by atoms with E-state index >= 15 is 0 Å². The van der Waals surface area contributed by atoms with Crippen molar-refractivity contribution in [3.8, 4) is 16.2 Å². The molecule has 0 atom stereocenters. The van der Waals surface area contributed by atoms with Crippen LogP contribution in [0.1, 0.15) is 13.8 Å². The molecule has 0 N–H and O–H groups in total. The molecule has 1 aliphatic heterocycles. The molecule has 0 saturated carbocycles. The van der Waals surface area contributed by atoms with Gasteiger partial charge in [-0.05, 0) is 6.92 Å². The van der Waals surface area contributed by atoms with Gasteiger partial charge in [0.25, 0.3) is 0 Å². The van der Waals surface area contributed by atoms with Crippen molar-refractivity contribution < 1.29 is 22.7 Å². The molecular formula is C39H35OOsP+. The van der Waals surface area contributed by atoms with E-state index in [0.29, 0.717) is 13.2 Å². The predicted molar refractivity (Wildman–Crippen MR) is 179 cm³/mol. The van der Waals surface area contributed by atoms with E-state index in [9.17, 15) is 0 Å². The monoisotopic (exact) mass is 742 g/mol. The van der Waals surface area contributed by atoms with E-state index in [1.807, 2.05) is 55.5 Å². The zero-order chi connectivity index (χ0) is 29.5. The number of ether oxygens (including phenoxy) is 1. The number of benzene rings is 3. The van der Waals surface area contributed by atoms with E-state index in [4.69, 9.17) is 4.74 Å². The fourth-order valence-corrected chi connectivity index (χ4v) is 10.6. The molecule has 3 aromatic carbocycles. The number of hydrogen-bond acceptors (Lipinski definition) is 1. The summed E-state index contributed by atoms with van der Waals surface area (Å²) in [5.41, 5.74) is 3.35. The Labute approximate surface area is 261 Å². The van der Waals surface area contributed by atoms with E-state index in [-0.39, 0.29) is 0 Å². The molecule has 1 nitrogen and oxygen atoms in total. The third-order valence-corrected chi connectivity index (χ3v) is 12.2. The number of hydrogen-bond donors (Lipinski definition) is 0. The third-order valence-electron chi connectivity index (χ3n) is 6.83. The molecule has 0 aromatic heterocycles. The Kier molecular flexibility index (Phi) is 12.3. The van der Waals surface area contributed by atoms with Crippen LogP contribution in [0, 0.1) is 16.2 Å². The fourth-order valence-electron chi connectivity index (χ4n) is 4.87. The average molecular weight is 741 g/mol. The Morgan fingerprint density at radius 3 is 1.69 bits per heavy atom. The molecule has 1 fully saturated rings. The molecule has 1 saturated heterocycles. The van der Waals surface area contributed by atoms with Crippen LogP contribution in [0.25, 0.3) is 0 Å². The standard InChI is InChI=1S/C39H35OP.Os/c1-4-6-7-8-9-10-11-12-16-23-35(30-36-32-40-31-34(36)5-2)33(3)41(37-24-17-13-18-25-37,38-26-19-14-20-27-38)39-28-21-15-22-29-39;/h4-15,17-22,24-30H,31-32H2,1-2H3;/q+1;/b6-4+,8-7+,10-9+,12-11+,34-5?,35-33?,36-30?;. The normalized spacial score (nSPS) is 16.4. The molecule has 0 radical (unpaired) electrons. The molecule has 0 amide bonds. The summed E-state index contributed by atoms with van der Waals surface area (Å²) in [5.74, 6) is 6.89. The van der Waals surface area contributed by atoms with Gasteiger partial charge in [0.05, 0.1) is 0 Å². The molecule has 0 spiro atoms. The zero-order valence-electron chi connectivity index (χ0n) is 24.1. The summed E-state index contributed by atoms with van der Waals surface area (Å²) in [7, 11) is -2.37. The Balaban J connectivity index is 2.03. The Morgan fingerprint density at radius 1 is 0.690 bits per heavy atom. The van der Waals surface area contributed by atoms with Gasteiger partial charge < -0.3 is 0 Å². The topological polar surface area (TPSA) is 9.23 Å². The first kappa shape index (κ1) is 31.1. The van der Waals surface area contributed by atoms with Crippen molar-refractivity contribution in [1.82, 2.24) is 0 Å². The molecule has 3 aromatic rings. The maximum atomic E-state index is 5.86. The zero-order valence-corrected chi connectivity index (χ0v) is 27.5. The van der Waals surface area contributed by atoms with Crippen LogP contribution in [-0.4, -0.2) is 13.2 Å². The first-order valence-electron chi connectivity index (χ1n) is 14.0. The van der Waals surface area contributed by atoms with E-state index in [1.165, 1.54) is 27.1 Å². The third kappa shape index (κ3) is 7.53. The van der Waals surface area contributed by atoms with Crippen molar-refractivity contribution in [2.45, 2.75) is 13.8 Å². The van der Waals surface area contributed by atoms with Crippen LogP contribution < -0.4 is 15.9 Å². The van der Waals surface area contributed by atoms with Crippen molar-refractivity contribution in [2.24, 2.45) is 0 Å². The van der Waals surface area contributed by atoms with E-state index < -0.39 is 7.26 Å². The van der Waals surface area contributed by atoms with E-state index in [1.54, 1.807) is 17.9 Å². The van der Waals surface area contributed by atoms with Gasteiger partial charge in [0.1, 0.15) is 0 Å². The van der Waals surface area contributed by atoms with Crippen LogP contribution in [0.2, 0.25) is 0 Å². The van der Waals surface area contributed by atoms with Crippen molar-refractivity contribution in [3.05, 3.63) is 174 Å². The molecule has 1 aliphatic rings. The Morgan fingerprint density at radius 2 is 1.19 bits per heavy atom. The first-order valence-corrected chi connectivity index (χ1v) is 17.0. The van der Waals surface area contributed by atoms with Crippen LogP contribution in [0.4, 0.5) is 0 Å². The summed E-state index contributed by atoms with van der Waals surface area (Å²) < 4.78 is 9.58. The van der Waals surface area contributed by atoms with Crippen LogP contribution in [0.15, 0.2) is 174 Å². The average Bonchev–Trinajstić information content (AvgIpc) is 3.50. The minimum atomic E-state index is -2.37. The first-order chi connectivity index (χ1) is 20.7. The van der Waals surface area contributed by atoms with Crippen LogP contribution in [0.3, 0.4) is 0 Å². The van der Waals surface area contributed by atoms with Gasteiger partial charge in [-0.25, -0.2) is 0 Å². The van der Waals surface area contributed by atoms with Gasteiger partial charge in [-0.3, -0.25) is 0 Å². The van der Waals surface area contributed by atoms with Gasteiger partial charge in [-0.15, -0.1) is 0 Å². The second kappa shape index (κ2) is 16.6. The number of allylic oxidation sites excluding steroid dienone is 12. The van der Waals surface area contributed by atoms with Crippen LogP contribution in [0.5, 0.6) is 0 Å². The fraction of sp³-hybridized carbons (Fsp3) is 0.103. The molecule has 0 aliphatic carbocycles. The van der Waals surface area contributed by atoms with Crippen molar-refractivity contribution in [2.75, 3.05) is 13.2 Å². The predicted octanol–water partition coefficient (Wildman–Crippen LogP) is 7.89. The van der Waals surface area contributed by atoms with Crippen LogP contribution in [-0.2, 0) is 22.7 Å². The van der Waals surface area contributed by atoms with Gasteiger partial charge in [0, 0.05) is 0 Å².